The van der Waals surface area contributed by atoms with E-state index in [0.717, 1.165) is 81.5 Å². The van der Waals surface area contributed by atoms with E-state index in [4.69, 9.17) is 14.7 Å². The first-order valence-corrected chi connectivity index (χ1v) is 20.0. The predicted octanol–water partition coefficient (Wildman–Crippen LogP) is 6.77. The van der Waals surface area contributed by atoms with Crippen LogP contribution in [0.5, 0.6) is 0 Å². The molecular weight excluding hydrogens is 725 g/mol. The first-order valence-electron chi connectivity index (χ1n) is 20.0. The Balaban J connectivity index is 0.926. The number of amides is 4. The van der Waals surface area contributed by atoms with Gasteiger partial charge in [-0.2, -0.15) is 0 Å². The van der Waals surface area contributed by atoms with E-state index >= 15 is 0 Å². The SMILES string of the molecule is COC(=O)N[C@H](C(=O)N1[C@@H]2C[C@H]2C[C@H]1c1nc(-c2ccc3cc(-c4ccc5[nH]c([C@@H]6C[C@H]7C[C@H]7N6C(=O)[C@@H](NC(=O)O)C(C)C)nc5c4)ccc3c2)c[nH]1)C(C)C. The zero-order chi connectivity index (χ0) is 39.9. The Kier molecular flexibility index (Phi) is 8.97. The third kappa shape index (κ3) is 6.64. The summed E-state index contributed by atoms with van der Waals surface area (Å²) in [7, 11) is 1.30. The van der Waals surface area contributed by atoms with Crippen molar-refractivity contribution in [2.75, 3.05) is 7.11 Å². The molecule has 5 N–H and O–H groups in total. The number of ether oxygens (including phenoxy) is 1. The lowest BCUT2D eigenvalue weighted by Gasteiger charge is -2.31. The van der Waals surface area contributed by atoms with E-state index in [1.165, 1.54) is 7.11 Å². The molecule has 4 heterocycles. The van der Waals surface area contributed by atoms with Crippen molar-refractivity contribution in [3.8, 4) is 22.4 Å². The van der Waals surface area contributed by atoms with Gasteiger partial charge in [0, 0.05) is 23.8 Å². The number of carbonyl (C=O) groups is 4. The fraction of sp³-hybridized carbons (Fsp3) is 0.442. The van der Waals surface area contributed by atoms with E-state index in [9.17, 15) is 24.3 Å². The summed E-state index contributed by atoms with van der Waals surface area (Å²) in [6.45, 7) is 7.55. The van der Waals surface area contributed by atoms with Crippen molar-refractivity contribution in [2.24, 2.45) is 23.7 Å². The van der Waals surface area contributed by atoms with Gasteiger partial charge in [0.2, 0.25) is 11.8 Å². The van der Waals surface area contributed by atoms with Crippen LogP contribution in [0.25, 0.3) is 44.2 Å². The number of rotatable bonds is 10. The molecule has 2 aliphatic carbocycles. The molecule has 296 valence electrons. The molecular formula is C43H48N8O6. The number of likely N-dealkylation sites (tertiary alicyclic amines) is 2. The molecule has 8 atom stereocenters. The Morgan fingerprint density at radius 3 is 1.91 bits per heavy atom. The maximum Gasteiger partial charge on any atom is 0.407 e. The standard InChI is InChI=1S/C43H48N8O6/c1-20(2)36(48-42(54)55)40(52)51-33-16-28(33)18-35(51)39-45-29-11-10-25(14-30(29)46-39)23-6-7-24-13-26(9-8-22(24)12-23)31-19-44-38(47-31)34-17-27-15-32(27)50(34)41(53)37(21(3)4)49-43(56)57-5/h6-14,19-21,27-28,32-37,48H,15-18H2,1-5H3,(H,44,47)(H,45,46)(H,49,56)(H,54,55)/t27-,28+,32+,33+,34-,35-,36-,37-/m0/s1. The first kappa shape index (κ1) is 36.7. The Morgan fingerprint density at radius 2 is 1.30 bits per heavy atom. The van der Waals surface area contributed by atoms with Crippen LogP contribution in [0.4, 0.5) is 9.59 Å². The van der Waals surface area contributed by atoms with Gasteiger partial charge in [0.15, 0.2) is 0 Å². The Labute approximate surface area is 329 Å². The number of carboxylic acid groups (broad SMARTS) is 1. The molecule has 0 spiro atoms. The molecule has 0 unspecified atom stereocenters. The second kappa shape index (κ2) is 13.9. The van der Waals surface area contributed by atoms with E-state index in [1.807, 2.05) is 49.8 Å². The fourth-order valence-electron chi connectivity index (χ4n) is 9.30. The van der Waals surface area contributed by atoms with Crippen molar-refractivity contribution in [3.05, 3.63) is 72.4 Å². The predicted molar refractivity (Wildman–Crippen MR) is 213 cm³/mol. The van der Waals surface area contributed by atoms with Gasteiger partial charge in [-0.25, -0.2) is 19.6 Å². The number of hydrogen-bond acceptors (Lipinski definition) is 7. The van der Waals surface area contributed by atoms with Gasteiger partial charge in [-0.3, -0.25) is 9.59 Å². The lowest BCUT2D eigenvalue weighted by Crippen LogP contribution is -2.52. The lowest BCUT2D eigenvalue weighted by molar-refractivity contribution is -0.137. The molecule has 9 rings (SSSR count). The number of hydrogen-bond donors (Lipinski definition) is 5. The molecule has 4 amide bonds. The third-order valence-electron chi connectivity index (χ3n) is 12.5. The highest BCUT2D eigenvalue weighted by atomic mass is 16.5. The van der Waals surface area contributed by atoms with E-state index in [-0.39, 0.29) is 47.8 Å². The van der Waals surface area contributed by atoms with Crippen LogP contribution in [0.1, 0.15) is 77.1 Å². The molecule has 2 saturated heterocycles. The van der Waals surface area contributed by atoms with Crippen LogP contribution in [0.2, 0.25) is 0 Å². The summed E-state index contributed by atoms with van der Waals surface area (Å²) in [4.78, 5) is 71.7. The molecule has 2 saturated carbocycles. The molecule has 14 nitrogen and oxygen atoms in total. The van der Waals surface area contributed by atoms with Crippen LogP contribution < -0.4 is 10.6 Å². The molecule has 3 aromatic carbocycles. The van der Waals surface area contributed by atoms with Gasteiger partial charge in [-0.05, 0) is 95.5 Å². The Bertz CT molecular complexity index is 2420. The Morgan fingerprint density at radius 1 is 0.737 bits per heavy atom. The summed E-state index contributed by atoms with van der Waals surface area (Å²) in [6, 6.07) is 17.2. The molecule has 2 aliphatic heterocycles. The summed E-state index contributed by atoms with van der Waals surface area (Å²) >= 11 is 0. The normalized spacial score (nSPS) is 24.4. The molecule has 5 aromatic rings. The summed E-state index contributed by atoms with van der Waals surface area (Å²) in [5.41, 5.74) is 5.53. The minimum absolute atomic E-state index is 0.103. The van der Waals surface area contributed by atoms with Crippen molar-refractivity contribution in [1.29, 1.82) is 0 Å². The molecule has 4 fully saturated rings. The largest absolute Gasteiger partial charge is 0.465 e. The van der Waals surface area contributed by atoms with Gasteiger partial charge in [-0.15, -0.1) is 0 Å². The number of carbonyl (C=O) groups excluding carboxylic acids is 3. The fourth-order valence-corrected chi connectivity index (χ4v) is 9.30. The monoisotopic (exact) mass is 772 g/mol. The van der Waals surface area contributed by atoms with Crippen LogP contribution in [-0.4, -0.2) is 90.1 Å². The summed E-state index contributed by atoms with van der Waals surface area (Å²) in [5.74, 6) is 1.75. The summed E-state index contributed by atoms with van der Waals surface area (Å²) in [5, 5.41) is 16.7. The minimum Gasteiger partial charge on any atom is -0.465 e. The second-order valence-corrected chi connectivity index (χ2v) is 17.0. The van der Waals surface area contributed by atoms with Crippen molar-refractivity contribution in [2.45, 2.75) is 89.6 Å². The van der Waals surface area contributed by atoms with Crippen LogP contribution in [0, 0.1) is 23.7 Å². The maximum atomic E-state index is 13.8. The van der Waals surface area contributed by atoms with Crippen LogP contribution >= 0.6 is 0 Å². The van der Waals surface area contributed by atoms with E-state index < -0.39 is 24.3 Å². The second-order valence-electron chi connectivity index (χ2n) is 17.0. The molecule has 0 bridgehead atoms. The third-order valence-corrected chi connectivity index (χ3v) is 12.5. The highest BCUT2D eigenvalue weighted by Gasteiger charge is 2.57. The number of nitrogens with one attached hydrogen (secondary N) is 4. The highest BCUT2D eigenvalue weighted by Crippen LogP contribution is 2.54. The number of imidazole rings is 2. The number of aromatic nitrogens is 4. The van der Waals surface area contributed by atoms with Gasteiger partial charge >= 0.3 is 12.2 Å². The zero-order valence-electron chi connectivity index (χ0n) is 32.7. The number of alkyl carbamates (subject to hydrolysis) is 1. The highest BCUT2D eigenvalue weighted by molar-refractivity contribution is 5.92. The molecule has 14 heteroatoms. The van der Waals surface area contributed by atoms with Gasteiger partial charge in [0.25, 0.3) is 0 Å². The number of nitrogens with zero attached hydrogens (tertiary/aromatic N) is 4. The van der Waals surface area contributed by atoms with E-state index in [1.54, 1.807) is 0 Å². The maximum absolute atomic E-state index is 13.8. The molecule has 0 radical (unpaired) electrons. The minimum atomic E-state index is -1.20. The first-order chi connectivity index (χ1) is 27.4. The summed E-state index contributed by atoms with van der Waals surface area (Å²) in [6.07, 6.45) is 3.64. The lowest BCUT2D eigenvalue weighted by atomic mass is 9.99. The average Bonchev–Trinajstić information content (AvgIpc) is 3.82. The van der Waals surface area contributed by atoms with E-state index in [0.29, 0.717) is 11.8 Å². The van der Waals surface area contributed by atoms with Crippen molar-refractivity contribution in [3.63, 3.8) is 0 Å². The topological polar surface area (TPSA) is 186 Å². The van der Waals surface area contributed by atoms with Gasteiger partial charge in [0.05, 0.1) is 35.9 Å². The van der Waals surface area contributed by atoms with Crippen LogP contribution in [-0.2, 0) is 14.3 Å². The average molecular weight is 773 g/mol. The number of aromatic amines is 2. The van der Waals surface area contributed by atoms with Gasteiger partial charge in [-0.1, -0.05) is 58.0 Å². The van der Waals surface area contributed by atoms with Crippen LogP contribution in [0.15, 0.2) is 60.8 Å². The van der Waals surface area contributed by atoms with Crippen LogP contribution in [0.3, 0.4) is 0 Å². The number of benzene rings is 3. The number of fused-ring (bicyclic) bond motifs is 4. The number of piperidine rings is 2. The smallest absolute Gasteiger partial charge is 0.407 e. The summed E-state index contributed by atoms with van der Waals surface area (Å²) < 4.78 is 4.80. The molecule has 2 aromatic heterocycles. The van der Waals surface area contributed by atoms with E-state index in [2.05, 4.69) is 69.1 Å². The number of H-pyrrole nitrogens is 2. The van der Waals surface area contributed by atoms with Crippen molar-refractivity contribution in [1.82, 2.24) is 40.4 Å². The van der Waals surface area contributed by atoms with Gasteiger partial charge < -0.3 is 40.2 Å². The van der Waals surface area contributed by atoms with Gasteiger partial charge in [0.1, 0.15) is 23.7 Å². The van der Waals surface area contributed by atoms with Crippen molar-refractivity contribution < 1.29 is 29.0 Å². The van der Waals surface area contributed by atoms with Crippen molar-refractivity contribution >= 4 is 45.8 Å². The molecule has 57 heavy (non-hydrogen) atoms. The quantitative estimate of drug-likeness (QED) is 0.103. The Hall–Kier alpha value is -5.92. The molecule has 4 aliphatic rings. The number of methoxy groups -OCH3 is 1. The zero-order valence-corrected chi connectivity index (χ0v) is 32.7.